The number of nitrogens with two attached hydrogens (primary N) is 1. The van der Waals surface area contributed by atoms with Crippen LogP contribution in [0.1, 0.15) is 37.8 Å². The average molecular weight is 288 g/mol. The molecule has 1 aromatic carbocycles. The number of hydrogen-bond acceptors (Lipinski definition) is 4. The molecule has 0 spiro atoms. The number of nitrogen functional groups attached to an aromatic ring is 1. The fraction of sp³-hybridized carbons (Fsp3) is 0.400. The highest BCUT2D eigenvalue weighted by molar-refractivity contribution is 7.71. The van der Waals surface area contributed by atoms with Crippen molar-refractivity contribution in [1.82, 2.24) is 14.5 Å². The molecule has 0 saturated heterocycles. The Balaban J connectivity index is 2.65. The van der Waals surface area contributed by atoms with Gasteiger partial charge in [-0.3, -0.25) is 4.57 Å². The van der Waals surface area contributed by atoms with Gasteiger partial charge in [0.15, 0.2) is 0 Å². The number of aryl methyl sites for hydroxylation is 2. The summed E-state index contributed by atoms with van der Waals surface area (Å²) in [4.78, 5) is 8.18. The van der Waals surface area contributed by atoms with E-state index in [-0.39, 0.29) is 5.95 Å². The molecule has 2 aromatic rings. The van der Waals surface area contributed by atoms with Crippen molar-refractivity contribution in [3.8, 4) is 5.69 Å². The highest BCUT2D eigenvalue weighted by Crippen LogP contribution is 2.23. The molecule has 0 aliphatic heterocycles. The van der Waals surface area contributed by atoms with Crippen molar-refractivity contribution in [2.75, 3.05) is 5.73 Å². The Kier molecular flexibility index (Phi) is 4.84. The largest absolute Gasteiger partial charge is 0.368 e. The van der Waals surface area contributed by atoms with Crippen LogP contribution in [0.3, 0.4) is 0 Å². The van der Waals surface area contributed by atoms with Crippen LogP contribution in [-0.4, -0.2) is 14.5 Å². The van der Waals surface area contributed by atoms with E-state index < -0.39 is 0 Å². The SMILES string of the molecule is CCCc1cccc(CCC)c1-n1cnc(N)nc1=S. The number of anilines is 1. The number of rotatable bonds is 5. The minimum absolute atomic E-state index is 0.219. The van der Waals surface area contributed by atoms with E-state index in [9.17, 15) is 0 Å². The van der Waals surface area contributed by atoms with Gasteiger partial charge in [0, 0.05) is 0 Å². The van der Waals surface area contributed by atoms with Gasteiger partial charge in [-0.1, -0.05) is 44.9 Å². The zero-order valence-electron chi connectivity index (χ0n) is 12.0. The van der Waals surface area contributed by atoms with E-state index in [1.54, 1.807) is 6.33 Å². The first-order valence-corrected chi connectivity index (χ1v) is 7.40. The molecule has 4 nitrogen and oxygen atoms in total. The number of aromatic nitrogens is 3. The van der Waals surface area contributed by atoms with E-state index in [0.29, 0.717) is 4.77 Å². The lowest BCUT2D eigenvalue weighted by molar-refractivity contribution is 0.828. The van der Waals surface area contributed by atoms with Crippen molar-refractivity contribution in [2.45, 2.75) is 39.5 Å². The molecule has 5 heteroatoms. The molecule has 0 saturated carbocycles. The molecule has 0 aliphatic rings. The molecule has 0 bridgehead atoms. The molecule has 106 valence electrons. The monoisotopic (exact) mass is 288 g/mol. The molecular formula is C15H20N4S. The normalized spacial score (nSPS) is 10.7. The summed E-state index contributed by atoms with van der Waals surface area (Å²) in [6.07, 6.45) is 5.88. The molecule has 2 rings (SSSR count). The van der Waals surface area contributed by atoms with Gasteiger partial charge >= 0.3 is 0 Å². The van der Waals surface area contributed by atoms with E-state index in [2.05, 4.69) is 42.0 Å². The predicted octanol–water partition coefficient (Wildman–Crippen LogP) is 3.48. The van der Waals surface area contributed by atoms with Gasteiger partial charge in [0.05, 0.1) is 5.69 Å². The third kappa shape index (κ3) is 3.04. The van der Waals surface area contributed by atoms with Crippen LogP contribution in [-0.2, 0) is 12.8 Å². The predicted molar refractivity (Wildman–Crippen MR) is 84.6 cm³/mol. The van der Waals surface area contributed by atoms with Crippen molar-refractivity contribution in [1.29, 1.82) is 0 Å². The first-order chi connectivity index (χ1) is 9.67. The second-order valence-corrected chi connectivity index (χ2v) is 5.16. The Hall–Kier alpha value is -1.75. The van der Waals surface area contributed by atoms with E-state index >= 15 is 0 Å². The number of hydrogen-bond donors (Lipinski definition) is 1. The molecule has 0 amide bonds. The maximum absolute atomic E-state index is 5.60. The zero-order valence-corrected chi connectivity index (χ0v) is 12.8. The second kappa shape index (κ2) is 6.61. The molecule has 2 N–H and O–H groups in total. The van der Waals surface area contributed by atoms with Crippen LogP contribution in [0.2, 0.25) is 0 Å². The van der Waals surface area contributed by atoms with Gasteiger partial charge in [0.1, 0.15) is 6.33 Å². The molecule has 1 heterocycles. The maximum atomic E-state index is 5.60. The standard InChI is InChI=1S/C15H20N4S/c1-3-6-11-8-5-9-12(7-4-2)13(11)19-10-17-14(16)18-15(19)20/h5,8-10H,3-4,6-7H2,1-2H3,(H2,16,18,20). The summed E-state index contributed by atoms with van der Waals surface area (Å²) < 4.78 is 2.33. The Bertz CT molecular complexity index is 624. The number of benzene rings is 1. The lowest BCUT2D eigenvalue weighted by atomic mass is 10.00. The van der Waals surface area contributed by atoms with Crippen molar-refractivity contribution < 1.29 is 0 Å². The third-order valence-electron chi connectivity index (χ3n) is 3.20. The first kappa shape index (κ1) is 14.7. The van der Waals surface area contributed by atoms with Gasteiger partial charge < -0.3 is 5.73 Å². The molecule has 0 fully saturated rings. The van der Waals surface area contributed by atoms with Gasteiger partial charge in [-0.25, -0.2) is 4.98 Å². The number of nitrogens with zero attached hydrogens (tertiary/aromatic N) is 3. The van der Waals surface area contributed by atoms with Crippen molar-refractivity contribution in [2.24, 2.45) is 0 Å². The lowest BCUT2D eigenvalue weighted by Gasteiger charge is -2.16. The van der Waals surface area contributed by atoms with Gasteiger partial charge in [0.2, 0.25) is 10.7 Å². The minimum atomic E-state index is 0.219. The van der Waals surface area contributed by atoms with Gasteiger partial charge in [-0.15, -0.1) is 0 Å². The number of para-hydroxylation sites is 1. The van der Waals surface area contributed by atoms with E-state index in [1.807, 2.05) is 4.57 Å². The second-order valence-electron chi connectivity index (χ2n) is 4.79. The summed E-state index contributed by atoms with van der Waals surface area (Å²) in [6, 6.07) is 6.41. The zero-order chi connectivity index (χ0) is 14.5. The fourth-order valence-electron chi connectivity index (χ4n) is 2.40. The summed E-state index contributed by atoms with van der Waals surface area (Å²) in [5.41, 5.74) is 9.28. The first-order valence-electron chi connectivity index (χ1n) is 6.99. The molecular weight excluding hydrogens is 268 g/mol. The highest BCUT2D eigenvalue weighted by atomic mass is 32.1. The Morgan fingerprint density at radius 2 is 1.75 bits per heavy atom. The minimum Gasteiger partial charge on any atom is -0.368 e. The van der Waals surface area contributed by atoms with Crippen molar-refractivity contribution in [3.05, 3.63) is 40.4 Å². The summed E-state index contributed by atoms with van der Waals surface area (Å²) in [6.45, 7) is 4.35. The molecule has 0 radical (unpaired) electrons. The van der Waals surface area contributed by atoms with E-state index in [4.69, 9.17) is 18.0 Å². The maximum Gasteiger partial charge on any atom is 0.224 e. The quantitative estimate of drug-likeness (QED) is 0.856. The Labute approximate surface area is 124 Å². The van der Waals surface area contributed by atoms with Crippen LogP contribution < -0.4 is 5.73 Å². The van der Waals surface area contributed by atoms with Gasteiger partial charge in [-0.2, -0.15) is 4.98 Å². The topological polar surface area (TPSA) is 56.7 Å². The van der Waals surface area contributed by atoms with Crippen LogP contribution >= 0.6 is 12.2 Å². The summed E-state index contributed by atoms with van der Waals surface area (Å²) in [5.74, 6) is 0.219. The smallest absolute Gasteiger partial charge is 0.224 e. The van der Waals surface area contributed by atoms with Crippen LogP contribution in [0.5, 0.6) is 0 Å². The Morgan fingerprint density at radius 3 is 2.25 bits per heavy atom. The molecule has 0 unspecified atom stereocenters. The highest BCUT2D eigenvalue weighted by Gasteiger charge is 2.11. The van der Waals surface area contributed by atoms with E-state index in [1.165, 1.54) is 11.1 Å². The summed E-state index contributed by atoms with van der Waals surface area (Å²) in [5, 5.41) is 0. The average Bonchev–Trinajstić information content (AvgIpc) is 2.41. The van der Waals surface area contributed by atoms with Crippen molar-refractivity contribution in [3.63, 3.8) is 0 Å². The van der Waals surface area contributed by atoms with Crippen LogP contribution in [0.4, 0.5) is 5.95 Å². The lowest BCUT2D eigenvalue weighted by Crippen LogP contribution is -2.09. The van der Waals surface area contributed by atoms with Crippen LogP contribution in [0.15, 0.2) is 24.5 Å². The molecule has 1 aromatic heterocycles. The Morgan fingerprint density at radius 1 is 1.15 bits per heavy atom. The third-order valence-corrected chi connectivity index (χ3v) is 3.49. The van der Waals surface area contributed by atoms with Gasteiger partial charge in [-0.05, 0) is 36.2 Å². The summed E-state index contributed by atoms with van der Waals surface area (Å²) in [7, 11) is 0. The molecule has 0 atom stereocenters. The molecule has 20 heavy (non-hydrogen) atoms. The van der Waals surface area contributed by atoms with Crippen LogP contribution in [0.25, 0.3) is 5.69 Å². The van der Waals surface area contributed by atoms with Crippen molar-refractivity contribution >= 4 is 18.2 Å². The van der Waals surface area contributed by atoms with Gasteiger partial charge in [0.25, 0.3) is 0 Å². The van der Waals surface area contributed by atoms with Crippen LogP contribution in [0, 0.1) is 4.77 Å². The summed E-state index contributed by atoms with van der Waals surface area (Å²) >= 11 is 5.34. The van der Waals surface area contributed by atoms with E-state index in [0.717, 1.165) is 31.4 Å². The fourth-order valence-corrected chi connectivity index (χ4v) is 2.63. The molecule has 0 aliphatic carbocycles.